The zero-order valence-electron chi connectivity index (χ0n) is 7.61. The third-order valence-corrected chi connectivity index (χ3v) is 2.30. The molecule has 1 aromatic rings. The number of rotatable bonds is 3. The van der Waals surface area contributed by atoms with Crippen LogP contribution in [-0.2, 0) is 16.1 Å². The van der Waals surface area contributed by atoms with Crippen molar-refractivity contribution in [3.63, 3.8) is 0 Å². The van der Waals surface area contributed by atoms with Gasteiger partial charge in [-0.1, -0.05) is 0 Å². The van der Waals surface area contributed by atoms with Crippen molar-refractivity contribution in [2.75, 3.05) is 6.61 Å². The standard InChI is InChI=1S/C8H11BrN2O3/c9-8-10-6(14-11-8)5-13-7-3-1-2-4-12-7/h7H,1-5H2. The van der Waals surface area contributed by atoms with Crippen LogP contribution in [0, 0.1) is 0 Å². The van der Waals surface area contributed by atoms with Gasteiger partial charge in [-0.05, 0) is 40.3 Å². The highest BCUT2D eigenvalue weighted by Crippen LogP contribution is 2.15. The van der Waals surface area contributed by atoms with Gasteiger partial charge in [0.15, 0.2) is 6.29 Å². The van der Waals surface area contributed by atoms with E-state index in [4.69, 9.17) is 14.0 Å². The molecule has 1 unspecified atom stereocenters. The molecule has 0 aromatic carbocycles. The van der Waals surface area contributed by atoms with Crippen LogP contribution in [0.3, 0.4) is 0 Å². The lowest BCUT2D eigenvalue weighted by Crippen LogP contribution is -2.22. The third kappa shape index (κ3) is 2.76. The smallest absolute Gasteiger partial charge is 0.253 e. The zero-order valence-corrected chi connectivity index (χ0v) is 9.20. The van der Waals surface area contributed by atoms with E-state index in [0.717, 1.165) is 25.9 Å². The highest BCUT2D eigenvalue weighted by atomic mass is 79.9. The van der Waals surface area contributed by atoms with Gasteiger partial charge in [0.25, 0.3) is 5.89 Å². The Morgan fingerprint density at radius 1 is 1.50 bits per heavy atom. The van der Waals surface area contributed by atoms with Crippen LogP contribution in [0.4, 0.5) is 0 Å². The average Bonchev–Trinajstić information content (AvgIpc) is 2.63. The maximum Gasteiger partial charge on any atom is 0.253 e. The molecule has 1 atom stereocenters. The molecule has 1 fully saturated rings. The van der Waals surface area contributed by atoms with Crippen molar-refractivity contribution in [2.45, 2.75) is 32.2 Å². The second-order valence-corrected chi connectivity index (χ2v) is 3.77. The van der Waals surface area contributed by atoms with E-state index >= 15 is 0 Å². The number of hydrogen-bond acceptors (Lipinski definition) is 5. The number of nitrogens with zero attached hydrogens (tertiary/aromatic N) is 2. The maximum atomic E-state index is 5.44. The fourth-order valence-electron chi connectivity index (χ4n) is 1.30. The molecule has 1 saturated heterocycles. The van der Waals surface area contributed by atoms with Crippen LogP contribution in [0.2, 0.25) is 0 Å². The number of halogens is 1. The first-order valence-electron chi connectivity index (χ1n) is 4.56. The Morgan fingerprint density at radius 2 is 2.43 bits per heavy atom. The first-order valence-corrected chi connectivity index (χ1v) is 5.35. The molecule has 0 amide bonds. The first-order chi connectivity index (χ1) is 6.84. The minimum Gasteiger partial charge on any atom is -0.353 e. The van der Waals surface area contributed by atoms with E-state index < -0.39 is 0 Å². The molecule has 0 N–H and O–H groups in total. The highest BCUT2D eigenvalue weighted by Gasteiger charge is 2.15. The van der Waals surface area contributed by atoms with E-state index in [1.54, 1.807) is 0 Å². The summed E-state index contributed by atoms with van der Waals surface area (Å²) in [6, 6.07) is 0. The molecular formula is C8H11BrN2O3. The van der Waals surface area contributed by atoms with Crippen LogP contribution in [0.25, 0.3) is 0 Å². The Kier molecular flexibility index (Phi) is 3.49. The summed E-state index contributed by atoms with van der Waals surface area (Å²) < 4.78 is 16.1. The van der Waals surface area contributed by atoms with E-state index in [-0.39, 0.29) is 6.29 Å². The van der Waals surface area contributed by atoms with Gasteiger partial charge in [0, 0.05) is 6.61 Å². The number of aromatic nitrogens is 2. The van der Waals surface area contributed by atoms with Gasteiger partial charge in [-0.15, -0.1) is 0 Å². The summed E-state index contributed by atoms with van der Waals surface area (Å²) in [5.74, 6) is 0.464. The van der Waals surface area contributed by atoms with Gasteiger partial charge in [0.1, 0.15) is 6.61 Å². The van der Waals surface area contributed by atoms with Gasteiger partial charge in [-0.2, -0.15) is 4.98 Å². The van der Waals surface area contributed by atoms with Crippen LogP contribution in [0.15, 0.2) is 9.26 Å². The molecule has 6 heteroatoms. The van der Waals surface area contributed by atoms with Crippen LogP contribution >= 0.6 is 15.9 Å². The van der Waals surface area contributed by atoms with Crippen LogP contribution < -0.4 is 0 Å². The summed E-state index contributed by atoms with van der Waals surface area (Å²) in [7, 11) is 0. The molecule has 0 aliphatic carbocycles. The number of ether oxygens (including phenoxy) is 2. The normalized spacial score (nSPS) is 22.5. The van der Waals surface area contributed by atoms with Gasteiger partial charge in [0.2, 0.25) is 4.73 Å². The summed E-state index contributed by atoms with van der Waals surface area (Å²) in [5.41, 5.74) is 0. The quantitative estimate of drug-likeness (QED) is 0.833. The zero-order chi connectivity index (χ0) is 9.80. The van der Waals surface area contributed by atoms with Crippen molar-refractivity contribution in [3.05, 3.63) is 10.6 Å². The molecule has 0 radical (unpaired) electrons. The fourth-order valence-corrected chi connectivity index (χ4v) is 1.57. The Hall–Kier alpha value is -0.460. The lowest BCUT2D eigenvalue weighted by atomic mass is 10.2. The molecule has 14 heavy (non-hydrogen) atoms. The second kappa shape index (κ2) is 4.86. The Bertz CT molecular complexity index is 286. The Labute approximate surface area is 89.9 Å². The molecule has 1 aromatic heterocycles. The topological polar surface area (TPSA) is 57.4 Å². The monoisotopic (exact) mass is 262 g/mol. The minimum atomic E-state index is -0.116. The van der Waals surface area contributed by atoms with Crippen molar-refractivity contribution < 1.29 is 14.0 Å². The lowest BCUT2D eigenvalue weighted by molar-refractivity contribution is -0.172. The molecule has 2 heterocycles. The first kappa shape index (κ1) is 10.1. The van der Waals surface area contributed by atoms with Crippen molar-refractivity contribution in [1.29, 1.82) is 0 Å². The molecule has 78 valence electrons. The van der Waals surface area contributed by atoms with Crippen molar-refractivity contribution in [2.24, 2.45) is 0 Å². The summed E-state index contributed by atoms with van der Waals surface area (Å²) in [6.07, 6.45) is 3.09. The highest BCUT2D eigenvalue weighted by molar-refractivity contribution is 9.10. The Morgan fingerprint density at radius 3 is 3.07 bits per heavy atom. The van der Waals surface area contributed by atoms with Crippen molar-refractivity contribution >= 4 is 15.9 Å². The van der Waals surface area contributed by atoms with Crippen LogP contribution in [-0.4, -0.2) is 23.0 Å². The average molecular weight is 263 g/mol. The van der Waals surface area contributed by atoms with Gasteiger partial charge in [0.05, 0.1) is 0 Å². The second-order valence-electron chi connectivity index (χ2n) is 3.06. The van der Waals surface area contributed by atoms with E-state index in [0.29, 0.717) is 17.2 Å². The third-order valence-electron chi connectivity index (χ3n) is 1.97. The fraction of sp³-hybridized carbons (Fsp3) is 0.750. The molecule has 1 aliphatic rings. The van der Waals surface area contributed by atoms with E-state index in [9.17, 15) is 0 Å². The largest absolute Gasteiger partial charge is 0.353 e. The molecule has 0 bridgehead atoms. The summed E-state index contributed by atoms with van der Waals surface area (Å²) in [6.45, 7) is 1.08. The SMILES string of the molecule is Brc1noc(COC2CCCCO2)n1. The van der Waals surface area contributed by atoms with E-state index in [1.807, 2.05) is 0 Å². The van der Waals surface area contributed by atoms with E-state index in [2.05, 4.69) is 26.1 Å². The van der Waals surface area contributed by atoms with Gasteiger partial charge < -0.3 is 14.0 Å². The molecule has 2 rings (SSSR count). The summed E-state index contributed by atoms with van der Waals surface area (Å²) >= 11 is 3.10. The van der Waals surface area contributed by atoms with E-state index in [1.165, 1.54) is 0 Å². The molecule has 5 nitrogen and oxygen atoms in total. The predicted molar refractivity (Wildman–Crippen MR) is 50.4 cm³/mol. The maximum absolute atomic E-state index is 5.44. The lowest BCUT2D eigenvalue weighted by Gasteiger charge is -2.21. The van der Waals surface area contributed by atoms with Gasteiger partial charge >= 0.3 is 0 Å². The van der Waals surface area contributed by atoms with Gasteiger partial charge in [-0.3, -0.25) is 0 Å². The molecule has 0 spiro atoms. The van der Waals surface area contributed by atoms with Crippen molar-refractivity contribution in [1.82, 2.24) is 10.1 Å². The van der Waals surface area contributed by atoms with Crippen LogP contribution in [0.1, 0.15) is 25.2 Å². The van der Waals surface area contributed by atoms with Crippen molar-refractivity contribution in [3.8, 4) is 0 Å². The predicted octanol–water partition coefficient (Wildman–Crippen LogP) is 1.88. The van der Waals surface area contributed by atoms with Gasteiger partial charge in [-0.25, -0.2) is 0 Å². The summed E-state index contributed by atoms with van der Waals surface area (Å²) in [4.78, 5) is 3.95. The molecular weight excluding hydrogens is 252 g/mol. The molecule has 1 aliphatic heterocycles. The molecule has 0 saturated carbocycles. The minimum absolute atomic E-state index is 0.116. The van der Waals surface area contributed by atoms with Crippen LogP contribution in [0.5, 0.6) is 0 Å². The Balaban J connectivity index is 1.76. The summed E-state index contributed by atoms with van der Waals surface area (Å²) in [5, 5.41) is 3.59. The number of hydrogen-bond donors (Lipinski definition) is 0.